The van der Waals surface area contributed by atoms with Gasteiger partial charge < -0.3 is 19.8 Å². The number of hydrogen-bond acceptors (Lipinski definition) is 7. The van der Waals surface area contributed by atoms with E-state index in [1.165, 1.54) is 0 Å². The van der Waals surface area contributed by atoms with E-state index in [-0.39, 0.29) is 16.2 Å². The van der Waals surface area contributed by atoms with Gasteiger partial charge in [0.1, 0.15) is 17.1 Å². The Morgan fingerprint density at radius 1 is 1.02 bits per heavy atom. The molecular formula is C40H49N5O4SSi. The minimum Gasteiger partial charge on any atom is -0.442 e. The Morgan fingerprint density at radius 3 is 2.37 bits per heavy atom. The van der Waals surface area contributed by atoms with Crippen molar-refractivity contribution in [2.24, 2.45) is 4.36 Å². The molecule has 51 heavy (non-hydrogen) atoms. The molecule has 2 aromatic carbocycles. The van der Waals surface area contributed by atoms with Gasteiger partial charge in [-0.1, -0.05) is 57.3 Å². The van der Waals surface area contributed by atoms with E-state index in [4.69, 9.17) is 9.16 Å². The molecule has 2 unspecified atom stereocenters. The highest BCUT2D eigenvalue weighted by molar-refractivity contribution is 7.88. The maximum Gasteiger partial charge on any atom is 0.440 e. The van der Waals surface area contributed by atoms with Crippen molar-refractivity contribution in [2.75, 3.05) is 17.2 Å². The monoisotopic (exact) mass is 723 g/mol. The maximum atomic E-state index is 13.2. The van der Waals surface area contributed by atoms with Crippen molar-refractivity contribution in [3.05, 3.63) is 83.8 Å². The summed E-state index contributed by atoms with van der Waals surface area (Å²) < 4.78 is 16.3. The first kappa shape index (κ1) is 37.9. The highest BCUT2D eigenvalue weighted by Crippen LogP contribution is 2.42. The van der Waals surface area contributed by atoms with Crippen LogP contribution in [0.15, 0.2) is 76.2 Å². The van der Waals surface area contributed by atoms with Crippen molar-refractivity contribution in [1.82, 2.24) is 9.97 Å². The lowest BCUT2D eigenvalue weighted by molar-refractivity contribution is -0.121. The third-order valence-electron chi connectivity index (χ3n) is 9.25. The summed E-state index contributed by atoms with van der Waals surface area (Å²) in [5.41, 5.74) is 2.55. The van der Waals surface area contributed by atoms with E-state index < -0.39 is 36.1 Å². The quantitative estimate of drug-likeness (QED) is 0.144. The molecule has 5 rings (SSSR count). The normalized spacial score (nSPS) is 16.7. The Balaban J connectivity index is 1.35. The van der Waals surface area contributed by atoms with Crippen LogP contribution >= 0.6 is 0 Å². The fraction of sp³-hybridized carbons (Fsp3) is 0.400. The second kappa shape index (κ2) is 14.3. The minimum atomic E-state index is -2.04. The highest BCUT2D eigenvalue weighted by atomic mass is 32.2. The highest BCUT2D eigenvalue weighted by Gasteiger charge is 2.46. The molecule has 3 heterocycles. The second-order valence-corrected chi connectivity index (χ2v) is 22.9. The van der Waals surface area contributed by atoms with Crippen molar-refractivity contribution in [3.63, 3.8) is 0 Å². The lowest BCUT2D eigenvalue weighted by atomic mass is 9.84. The molecule has 1 aliphatic heterocycles. The van der Waals surface area contributed by atoms with Gasteiger partial charge in [-0.25, -0.2) is 14.8 Å². The zero-order valence-corrected chi connectivity index (χ0v) is 33.3. The molecule has 0 aliphatic carbocycles. The number of carbonyl (C=O) groups excluding carboxylic acids is 2. The molecule has 0 fully saturated rings. The van der Waals surface area contributed by atoms with Crippen LogP contribution in [0.25, 0.3) is 10.8 Å². The van der Waals surface area contributed by atoms with Crippen molar-refractivity contribution in [2.45, 2.75) is 102 Å². The fourth-order valence-corrected chi connectivity index (χ4v) is 7.81. The number of rotatable bonds is 7. The Hall–Kier alpha value is -4.37. The number of nitrogens with one attached hydrogen (secondary N) is 2. The number of aromatic nitrogens is 2. The first-order chi connectivity index (χ1) is 23.8. The van der Waals surface area contributed by atoms with Gasteiger partial charge in [0.2, 0.25) is 5.91 Å². The van der Waals surface area contributed by atoms with Gasteiger partial charge in [0.15, 0.2) is 8.32 Å². The summed E-state index contributed by atoms with van der Waals surface area (Å²) in [5.74, 6) is 7.08. The van der Waals surface area contributed by atoms with Crippen LogP contribution in [0.4, 0.5) is 22.0 Å². The van der Waals surface area contributed by atoms with Crippen LogP contribution < -0.4 is 10.6 Å². The van der Waals surface area contributed by atoms with E-state index in [1.54, 1.807) is 12.4 Å². The van der Waals surface area contributed by atoms with E-state index in [2.05, 4.69) is 70.7 Å². The molecule has 9 nitrogen and oxygen atoms in total. The van der Waals surface area contributed by atoms with Gasteiger partial charge in [0, 0.05) is 50.2 Å². The van der Waals surface area contributed by atoms with Gasteiger partial charge in [-0.3, -0.25) is 4.79 Å². The van der Waals surface area contributed by atoms with Crippen molar-refractivity contribution in [1.29, 1.82) is 0 Å². The Labute approximate surface area is 305 Å². The molecule has 2 atom stereocenters. The topological polar surface area (TPSA) is 115 Å². The molecule has 0 saturated carbocycles. The van der Waals surface area contributed by atoms with E-state index in [1.807, 2.05) is 96.1 Å². The Kier molecular flexibility index (Phi) is 10.6. The molecule has 2 amide bonds. The summed E-state index contributed by atoms with van der Waals surface area (Å²) in [7, 11) is -2.69. The predicted molar refractivity (Wildman–Crippen MR) is 210 cm³/mol. The van der Waals surface area contributed by atoms with Crippen LogP contribution in [0.3, 0.4) is 0 Å². The molecule has 268 valence electrons. The van der Waals surface area contributed by atoms with E-state index in [0.717, 1.165) is 38.2 Å². The van der Waals surface area contributed by atoms with Crippen LogP contribution in [0.1, 0.15) is 79.1 Å². The van der Waals surface area contributed by atoms with E-state index >= 15 is 0 Å². The molecule has 4 aromatic rings. The zero-order chi connectivity index (χ0) is 37.4. The molecular weight excluding hydrogens is 675 g/mol. The number of hydrogen-bond donors (Lipinski definition) is 2. The van der Waals surface area contributed by atoms with Crippen molar-refractivity contribution < 1.29 is 18.8 Å². The summed E-state index contributed by atoms with van der Waals surface area (Å²) >= 11 is 0. The third kappa shape index (κ3) is 8.75. The summed E-state index contributed by atoms with van der Waals surface area (Å²) in [5, 5.41) is 8.40. The largest absolute Gasteiger partial charge is 0.442 e. The van der Waals surface area contributed by atoms with Gasteiger partial charge in [0.25, 0.3) is 0 Å². The minimum absolute atomic E-state index is 0.0505. The second-order valence-electron chi connectivity index (χ2n) is 15.9. The van der Waals surface area contributed by atoms with Crippen LogP contribution in [-0.2, 0) is 30.1 Å². The first-order valence-corrected chi connectivity index (χ1v) is 21.3. The number of pyridine rings is 2. The summed E-state index contributed by atoms with van der Waals surface area (Å²) in [6.07, 6.45) is 2.97. The van der Waals surface area contributed by atoms with E-state index in [9.17, 15) is 9.59 Å². The average molecular weight is 724 g/mol. The molecule has 0 radical (unpaired) electrons. The zero-order valence-electron chi connectivity index (χ0n) is 31.5. The smallest absolute Gasteiger partial charge is 0.440 e. The number of ether oxygens (including phenoxy) is 1. The lowest BCUT2D eigenvalue weighted by Crippen LogP contribution is -2.46. The number of fused-ring (bicyclic) bond motifs is 2. The van der Waals surface area contributed by atoms with Crippen LogP contribution in [-0.4, -0.2) is 47.7 Å². The Morgan fingerprint density at radius 2 is 1.73 bits per heavy atom. The standard InChI is InChI=1S/C40H49N5O4SSi/c1-26(2)50(45-37(47)49-38(3,4)5)30-16-14-29(15-17-30)43-35-23-31-28(24-42-35)20-21-41-33(31)19-13-27-12-18-32-34(22-27)44-36(46)40(32,9)25-48-51(10,11)39(6,7)8/h12,14-18,20-24,26H,25H2,1-11H3,(H,42,43)(H,44,46). The summed E-state index contributed by atoms with van der Waals surface area (Å²) in [6.45, 7) is 22.9. The number of benzene rings is 2. The van der Waals surface area contributed by atoms with Crippen molar-refractivity contribution >= 4 is 59.0 Å². The summed E-state index contributed by atoms with van der Waals surface area (Å²) in [4.78, 5) is 35.8. The SMILES string of the molecule is CC(C)S(=NC(=O)OC(C)(C)C)c1ccc(Nc2cc3c(C#Cc4ccc5c(c4)NC(=O)C5(C)CO[Si](C)(C)C(C)(C)C)nccc3cn2)cc1. The lowest BCUT2D eigenvalue weighted by Gasteiger charge is -2.38. The van der Waals surface area contributed by atoms with Gasteiger partial charge in [0.05, 0.1) is 12.0 Å². The number of nitrogens with zero attached hydrogens (tertiary/aromatic N) is 3. The van der Waals surface area contributed by atoms with Crippen molar-refractivity contribution in [3.8, 4) is 11.8 Å². The Bertz CT molecular complexity index is 2070. The van der Waals surface area contributed by atoms with E-state index in [0.29, 0.717) is 18.1 Å². The summed E-state index contributed by atoms with van der Waals surface area (Å²) in [6, 6.07) is 17.6. The molecule has 2 N–H and O–H groups in total. The number of anilines is 3. The molecule has 11 heteroatoms. The molecule has 0 spiro atoms. The molecule has 0 bridgehead atoms. The fourth-order valence-electron chi connectivity index (χ4n) is 5.26. The van der Waals surface area contributed by atoms with Gasteiger partial charge in [-0.15, -0.1) is 4.36 Å². The first-order valence-electron chi connectivity index (χ1n) is 17.2. The number of amides is 2. The van der Waals surface area contributed by atoms with Crippen LogP contribution in [0.5, 0.6) is 0 Å². The third-order valence-corrected chi connectivity index (χ3v) is 15.7. The predicted octanol–water partition coefficient (Wildman–Crippen LogP) is 9.51. The van der Waals surface area contributed by atoms with Gasteiger partial charge >= 0.3 is 6.09 Å². The number of carbonyl (C=O) groups is 2. The average Bonchev–Trinajstić information content (AvgIpc) is 3.29. The molecule has 2 aromatic heterocycles. The van der Waals surface area contributed by atoms with Gasteiger partial charge in [-0.05, 0) is 106 Å². The molecule has 0 saturated heterocycles. The molecule has 1 aliphatic rings. The van der Waals surface area contributed by atoms with Crippen LogP contribution in [0.2, 0.25) is 18.1 Å². The van der Waals surface area contributed by atoms with Gasteiger partial charge in [-0.2, -0.15) is 0 Å². The maximum absolute atomic E-state index is 13.2. The van der Waals surface area contributed by atoms with Crippen LogP contribution in [0, 0.1) is 11.8 Å².